The van der Waals surface area contributed by atoms with Crippen molar-refractivity contribution in [3.05, 3.63) is 254 Å². The van der Waals surface area contributed by atoms with E-state index in [1.165, 1.54) is 32.7 Å². The summed E-state index contributed by atoms with van der Waals surface area (Å²) in [4.78, 5) is 4.55. The normalized spacial score (nSPS) is 13.6. The highest BCUT2D eigenvalue weighted by Gasteiger charge is 2.22. The van der Waals surface area contributed by atoms with Crippen LogP contribution in [-0.4, -0.2) is 5.11 Å². The van der Waals surface area contributed by atoms with Crippen LogP contribution >= 0.6 is 0 Å². The van der Waals surface area contributed by atoms with Gasteiger partial charge in [-0.15, -0.1) is 0 Å². The number of aromatic hydroxyl groups is 1. The quantitative estimate of drug-likeness (QED) is 0.157. The maximum Gasteiger partial charge on any atom is 0.125 e. The molecule has 0 amide bonds. The molecule has 1 unspecified atom stereocenters. The van der Waals surface area contributed by atoms with E-state index in [-0.39, 0.29) is 11.7 Å². The van der Waals surface area contributed by atoms with Gasteiger partial charge < -0.3 is 14.9 Å². The lowest BCUT2D eigenvalue weighted by Crippen LogP contribution is -2.17. The van der Waals surface area contributed by atoms with Gasteiger partial charge in [-0.3, -0.25) is 0 Å². The van der Waals surface area contributed by atoms with Crippen molar-refractivity contribution in [2.75, 3.05) is 9.80 Å². The summed E-state index contributed by atoms with van der Waals surface area (Å²) in [5, 5.41) is 19.2. The van der Waals surface area contributed by atoms with Crippen LogP contribution in [0.1, 0.15) is 17.9 Å². The van der Waals surface area contributed by atoms with Crippen molar-refractivity contribution in [2.24, 2.45) is 0 Å². The number of benzene rings is 10. The summed E-state index contributed by atoms with van der Waals surface area (Å²) in [6.45, 7) is 0. The van der Waals surface area contributed by atoms with Gasteiger partial charge in [0.05, 0.1) is 0 Å². The van der Waals surface area contributed by atoms with Crippen LogP contribution in [0.3, 0.4) is 0 Å². The van der Waals surface area contributed by atoms with Gasteiger partial charge in [0.1, 0.15) is 5.75 Å². The van der Waals surface area contributed by atoms with Crippen molar-refractivity contribution in [3.63, 3.8) is 0 Å². The summed E-state index contributed by atoms with van der Waals surface area (Å²) < 4.78 is 0. The monoisotopic (exact) mass is 808 g/mol. The molecule has 3 nitrogen and oxygen atoms in total. The Kier molecular flexibility index (Phi) is 9.83. The van der Waals surface area contributed by atoms with Gasteiger partial charge in [-0.1, -0.05) is 170 Å². The van der Waals surface area contributed by atoms with Gasteiger partial charge in [-0.25, -0.2) is 0 Å². The largest absolute Gasteiger partial charge is 0.507 e. The number of anilines is 5. The number of hydrogen-bond acceptors (Lipinski definition) is 3. The molecule has 63 heavy (non-hydrogen) atoms. The second-order valence-electron chi connectivity index (χ2n) is 16.2. The van der Waals surface area contributed by atoms with Crippen LogP contribution in [0, 0.1) is 0 Å². The number of phenols is 1. The van der Waals surface area contributed by atoms with Gasteiger partial charge in [-0.05, 0) is 128 Å². The highest BCUT2D eigenvalue weighted by molar-refractivity contribution is 6.01. The second kappa shape index (κ2) is 16.4. The number of fused-ring (bicyclic) bond motifs is 3. The molecular formula is C60H44N2O. The molecule has 0 bridgehead atoms. The molecule has 3 heteroatoms. The van der Waals surface area contributed by atoms with Gasteiger partial charge in [0, 0.05) is 51.7 Å². The Morgan fingerprint density at radius 3 is 1.62 bits per heavy atom. The van der Waals surface area contributed by atoms with E-state index in [1.54, 1.807) is 0 Å². The summed E-state index contributed by atoms with van der Waals surface area (Å²) in [7, 11) is 0. The molecule has 0 saturated heterocycles. The zero-order valence-corrected chi connectivity index (χ0v) is 34.7. The number of phenolic OH excluding ortho intramolecular Hbond substituents is 1. The third-order valence-electron chi connectivity index (χ3n) is 12.5. The maximum atomic E-state index is 12.1. The average Bonchev–Trinajstić information content (AvgIpc) is 3.35. The van der Waals surface area contributed by atoms with Gasteiger partial charge >= 0.3 is 0 Å². The lowest BCUT2D eigenvalue weighted by atomic mass is 9.88. The number of para-hydroxylation sites is 2. The lowest BCUT2D eigenvalue weighted by molar-refractivity contribution is 0.477. The first-order valence-electron chi connectivity index (χ1n) is 21.7. The van der Waals surface area contributed by atoms with Crippen molar-refractivity contribution in [3.8, 4) is 28.0 Å². The van der Waals surface area contributed by atoms with Gasteiger partial charge in [0.25, 0.3) is 0 Å². The van der Waals surface area contributed by atoms with E-state index in [2.05, 4.69) is 234 Å². The molecule has 0 fully saturated rings. The number of allylic oxidation sites excluding steroid dienone is 3. The minimum atomic E-state index is 0.227. The predicted octanol–water partition coefficient (Wildman–Crippen LogP) is 16.4. The topological polar surface area (TPSA) is 26.7 Å². The smallest absolute Gasteiger partial charge is 0.125 e. The first kappa shape index (κ1) is 37.8. The molecule has 10 aromatic carbocycles. The van der Waals surface area contributed by atoms with E-state index in [1.807, 2.05) is 18.2 Å². The fourth-order valence-electron chi connectivity index (χ4n) is 9.43. The zero-order valence-electron chi connectivity index (χ0n) is 34.7. The summed E-state index contributed by atoms with van der Waals surface area (Å²) in [6, 6.07) is 79.1. The van der Waals surface area contributed by atoms with Crippen LogP contribution in [-0.2, 0) is 0 Å². The van der Waals surface area contributed by atoms with Crippen LogP contribution in [0.2, 0.25) is 0 Å². The third-order valence-corrected chi connectivity index (χ3v) is 12.5. The van der Waals surface area contributed by atoms with Crippen LogP contribution < -0.4 is 9.80 Å². The van der Waals surface area contributed by atoms with Gasteiger partial charge in [0.2, 0.25) is 0 Å². The fourth-order valence-corrected chi connectivity index (χ4v) is 9.43. The van der Waals surface area contributed by atoms with Crippen molar-refractivity contribution >= 4 is 60.8 Å². The predicted molar refractivity (Wildman–Crippen MR) is 266 cm³/mol. The number of nitrogens with zero attached hydrogens (tertiary/aromatic N) is 2. The molecule has 0 saturated carbocycles. The molecule has 0 heterocycles. The van der Waals surface area contributed by atoms with Gasteiger partial charge in [0.15, 0.2) is 0 Å². The highest BCUT2D eigenvalue weighted by atomic mass is 16.3. The molecular weight excluding hydrogens is 765 g/mol. The third kappa shape index (κ3) is 7.20. The van der Waals surface area contributed by atoms with Crippen molar-refractivity contribution < 1.29 is 5.11 Å². The molecule has 0 radical (unpaired) electrons. The molecule has 10 aromatic rings. The lowest BCUT2D eigenvalue weighted by Gasteiger charge is -2.30. The Morgan fingerprint density at radius 2 is 0.921 bits per heavy atom. The SMILES string of the molecule is Oc1cc(N(C2=CCC(c3cccc4ccccc34)C=C2)c2ccc(-c3cccc4ccccc34)cc2)ccc1-c1cccc2cc(N(c3ccccc3)c3ccccc3)ccc12. The first-order valence-corrected chi connectivity index (χ1v) is 21.7. The first-order chi connectivity index (χ1) is 31.2. The molecule has 1 aliphatic rings. The minimum Gasteiger partial charge on any atom is -0.507 e. The van der Waals surface area contributed by atoms with E-state index < -0.39 is 0 Å². The average molecular weight is 809 g/mol. The van der Waals surface area contributed by atoms with Gasteiger partial charge in [-0.2, -0.15) is 0 Å². The van der Waals surface area contributed by atoms with E-state index in [9.17, 15) is 5.11 Å². The van der Waals surface area contributed by atoms with Crippen LogP contribution in [0.4, 0.5) is 28.4 Å². The molecule has 300 valence electrons. The Balaban J connectivity index is 0.965. The van der Waals surface area contributed by atoms with E-state index in [0.717, 1.165) is 68.0 Å². The summed E-state index contributed by atoms with van der Waals surface area (Å²) >= 11 is 0. The molecule has 11 rings (SSSR count). The molecule has 1 aliphatic carbocycles. The Hall–Kier alpha value is -8.14. The van der Waals surface area contributed by atoms with Crippen molar-refractivity contribution in [1.82, 2.24) is 0 Å². The minimum absolute atomic E-state index is 0.227. The van der Waals surface area contributed by atoms with Crippen molar-refractivity contribution in [2.45, 2.75) is 12.3 Å². The Bertz CT molecular complexity index is 3280. The summed E-state index contributed by atoms with van der Waals surface area (Å²) in [5.41, 5.74) is 11.7. The molecule has 1 N–H and O–H groups in total. The van der Waals surface area contributed by atoms with Crippen LogP contribution in [0.15, 0.2) is 248 Å². The van der Waals surface area contributed by atoms with E-state index in [0.29, 0.717) is 0 Å². The summed E-state index contributed by atoms with van der Waals surface area (Å²) in [6.07, 6.45) is 7.78. The standard InChI is InChI=1S/C60H44N2O/c63-60-41-52(37-39-59(60)58-27-13-18-46-40-51(36-38-57(46)58)61(47-19-3-1-4-20-47)48-21-5-2-6-22-48)62(49-32-28-44(29-33-49)55-25-11-16-42-14-7-9-23-53(42)55)50-34-30-45(31-35-50)56-26-12-17-43-15-8-10-24-54(43)56/h1-30,32-41,45,63H,31H2. The second-order valence-corrected chi connectivity index (χ2v) is 16.2. The van der Waals surface area contributed by atoms with E-state index >= 15 is 0 Å². The number of rotatable bonds is 9. The van der Waals surface area contributed by atoms with E-state index in [4.69, 9.17) is 0 Å². The van der Waals surface area contributed by atoms with Crippen LogP contribution in [0.5, 0.6) is 5.75 Å². The Morgan fingerprint density at radius 1 is 0.381 bits per heavy atom. The maximum absolute atomic E-state index is 12.1. The Labute approximate surface area is 368 Å². The molecule has 1 atom stereocenters. The highest BCUT2D eigenvalue weighted by Crippen LogP contribution is 2.44. The van der Waals surface area contributed by atoms with Crippen LogP contribution in [0.25, 0.3) is 54.6 Å². The molecule has 0 spiro atoms. The molecule has 0 aliphatic heterocycles. The number of hydrogen-bond donors (Lipinski definition) is 1. The van der Waals surface area contributed by atoms with Crippen molar-refractivity contribution in [1.29, 1.82) is 0 Å². The summed E-state index contributed by atoms with van der Waals surface area (Å²) in [5.74, 6) is 0.483. The zero-order chi connectivity index (χ0) is 42.1. The fraction of sp³-hybridized carbons (Fsp3) is 0.0333. The molecule has 0 aromatic heterocycles.